The number of hydrogen-bond donors (Lipinski definition) is 0. The molecule has 0 spiro atoms. The number of carbonyl (C=O) groups excluding carboxylic acids is 1. The highest BCUT2D eigenvalue weighted by molar-refractivity contribution is 8.13. The SMILES string of the molecule is CC(=O)SCCC=Cc1ccc(CC#N)cc1F. The Kier molecular flexibility index (Phi) is 6.16. The van der Waals surface area contributed by atoms with E-state index in [0.29, 0.717) is 16.9 Å². The van der Waals surface area contributed by atoms with Crippen LogP contribution in [0.25, 0.3) is 6.08 Å². The van der Waals surface area contributed by atoms with Crippen molar-refractivity contribution in [3.8, 4) is 6.07 Å². The third-order valence-electron chi connectivity index (χ3n) is 2.24. The molecule has 0 unspecified atom stereocenters. The minimum atomic E-state index is -0.321. The van der Waals surface area contributed by atoms with Crippen molar-refractivity contribution >= 4 is 23.0 Å². The van der Waals surface area contributed by atoms with Crippen molar-refractivity contribution in [1.29, 1.82) is 5.26 Å². The molecule has 2 nitrogen and oxygen atoms in total. The lowest BCUT2D eigenvalue weighted by atomic mass is 10.1. The largest absolute Gasteiger partial charge is 0.288 e. The maximum atomic E-state index is 13.6. The number of benzene rings is 1. The average molecular weight is 263 g/mol. The van der Waals surface area contributed by atoms with Gasteiger partial charge in [-0.15, -0.1) is 0 Å². The summed E-state index contributed by atoms with van der Waals surface area (Å²) >= 11 is 1.26. The minimum absolute atomic E-state index is 0.0930. The van der Waals surface area contributed by atoms with Crippen LogP contribution >= 0.6 is 11.8 Å². The third-order valence-corrected chi connectivity index (χ3v) is 3.08. The Labute approximate surface area is 111 Å². The number of halogens is 1. The molecule has 4 heteroatoms. The summed E-state index contributed by atoms with van der Waals surface area (Å²) in [6.45, 7) is 1.53. The molecule has 18 heavy (non-hydrogen) atoms. The molecule has 0 aliphatic rings. The van der Waals surface area contributed by atoms with E-state index in [-0.39, 0.29) is 17.4 Å². The van der Waals surface area contributed by atoms with E-state index in [9.17, 15) is 9.18 Å². The zero-order valence-electron chi connectivity index (χ0n) is 10.1. The smallest absolute Gasteiger partial charge is 0.185 e. The van der Waals surface area contributed by atoms with Crippen molar-refractivity contribution in [1.82, 2.24) is 0 Å². The summed E-state index contributed by atoms with van der Waals surface area (Å²) in [7, 11) is 0. The quantitative estimate of drug-likeness (QED) is 0.762. The Balaban J connectivity index is 2.54. The zero-order valence-corrected chi connectivity index (χ0v) is 11.0. The van der Waals surface area contributed by atoms with Crippen LogP contribution in [0.4, 0.5) is 4.39 Å². The normalized spacial score (nSPS) is 10.5. The van der Waals surface area contributed by atoms with Gasteiger partial charge >= 0.3 is 0 Å². The summed E-state index contributed by atoms with van der Waals surface area (Å²) in [6.07, 6.45) is 4.49. The first kappa shape index (κ1) is 14.5. The van der Waals surface area contributed by atoms with Crippen molar-refractivity contribution in [3.05, 3.63) is 41.2 Å². The lowest BCUT2D eigenvalue weighted by Crippen LogP contribution is -1.88. The van der Waals surface area contributed by atoms with Gasteiger partial charge < -0.3 is 0 Å². The summed E-state index contributed by atoms with van der Waals surface area (Å²) in [5, 5.41) is 8.60. The van der Waals surface area contributed by atoms with Gasteiger partial charge in [0.1, 0.15) is 5.82 Å². The molecule has 0 heterocycles. The molecule has 0 aliphatic heterocycles. The number of rotatable bonds is 5. The number of allylic oxidation sites excluding steroid dienone is 1. The van der Waals surface area contributed by atoms with E-state index in [1.807, 2.05) is 12.1 Å². The zero-order chi connectivity index (χ0) is 13.4. The maximum absolute atomic E-state index is 13.6. The first-order valence-electron chi connectivity index (χ1n) is 5.58. The van der Waals surface area contributed by atoms with E-state index in [1.165, 1.54) is 24.8 Å². The lowest BCUT2D eigenvalue weighted by molar-refractivity contribution is -0.109. The number of nitriles is 1. The van der Waals surface area contributed by atoms with Gasteiger partial charge in [-0.1, -0.05) is 36.0 Å². The van der Waals surface area contributed by atoms with Crippen LogP contribution in [-0.4, -0.2) is 10.9 Å². The fourth-order valence-electron chi connectivity index (χ4n) is 1.39. The number of nitrogens with zero attached hydrogens (tertiary/aromatic N) is 1. The van der Waals surface area contributed by atoms with Gasteiger partial charge in [0.05, 0.1) is 12.5 Å². The van der Waals surface area contributed by atoms with Crippen molar-refractivity contribution in [3.63, 3.8) is 0 Å². The second-order valence-corrected chi connectivity index (χ2v) is 4.99. The number of thioether (sulfide) groups is 1. The van der Waals surface area contributed by atoms with Crippen molar-refractivity contribution in [2.45, 2.75) is 19.8 Å². The van der Waals surface area contributed by atoms with Crippen LogP contribution in [0.5, 0.6) is 0 Å². The molecule has 1 rings (SSSR count). The molecule has 1 aromatic rings. The summed E-state index contributed by atoms with van der Waals surface area (Å²) in [5.74, 6) is 0.387. The molecular weight excluding hydrogens is 249 g/mol. The predicted molar refractivity (Wildman–Crippen MR) is 72.5 cm³/mol. The van der Waals surface area contributed by atoms with E-state index in [0.717, 1.165) is 6.42 Å². The Morgan fingerprint density at radius 1 is 1.56 bits per heavy atom. The van der Waals surface area contributed by atoms with Gasteiger partial charge in [-0.05, 0) is 18.1 Å². The van der Waals surface area contributed by atoms with Crippen LogP contribution in [0.3, 0.4) is 0 Å². The molecular formula is C14H14FNOS. The van der Waals surface area contributed by atoms with Gasteiger partial charge in [0, 0.05) is 18.2 Å². The molecule has 0 fully saturated rings. The molecule has 0 amide bonds. The molecule has 1 aromatic carbocycles. The van der Waals surface area contributed by atoms with Gasteiger partial charge in [-0.2, -0.15) is 5.26 Å². The Bertz CT molecular complexity index is 491. The fourth-order valence-corrected chi connectivity index (χ4v) is 1.93. The van der Waals surface area contributed by atoms with Crippen LogP contribution < -0.4 is 0 Å². The van der Waals surface area contributed by atoms with Crippen molar-refractivity contribution in [2.24, 2.45) is 0 Å². The second-order valence-electron chi connectivity index (χ2n) is 3.72. The van der Waals surface area contributed by atoms with Crippen molar-refractivity contribution in [2.75, 3.05) is 5.75 Å². The minimum Gasteiger partial charge on any atom is -0.288 e. The Hall–Kier alpha value is -1.60. The molecule has 0 aliphatic carbocycles. The lowest BCUT2D eigenvalue weighted by Gasteiger charge is -1.99. The Morgan fingerprint density at radius 2 is 2.33 bits per heavy atom. The van der Waals surface area contributed by atoms with E-state index < -0.39 is 0 Å². The monoisotopic (exact) mass is 263 g/mol. The standard InChI is InChI=1S/C14H14FNOS/c1-11(17)18-9-3-2-4-13-6-5-12(7-8-16)10-14(13)15/h2,4-6,10H,3,7,9H2,1H3. The number of carbonyl (C=O) groups is 1. The summed E-state index contributed by atoms with van der Waals surface area (Å²) in [6, 6.07) is 6.77. The second kappa shape index (κ2) is 7.67. The Morgan fingerprint density at radius 3 is 2.94 bits per heavy atom. The summed E-state index contributed by atoms with van der Waals surface area (Å²) in [5.41, 5.74) is 1.18. The van der Waals surface area contributed by atoms with Crippen LogP contribution in [-0.2, 0) is 11.2 Å². The molecule has 0 radical (unpaired) electrons. The van der Waals surface area contributed by atoms with Crippen LogP contribution in [0.2, 0.25) is 0 Å². The molecule has 0 saturated carbocycles. The molecule has 0 N–H and O–H groups in total. The highest BCUT2D eigenvalue weighted by Crippen LogP contribution is 2.13. The first-order chi connectivity index (χ1) is 8.63. The topological polar surface area (TPSA) is 40.9 Å². The van der Waals surface area contributed by atoms with Gasteiger partial charge in [0.25, 0.3) is 0 Å². The van der Waals surface area contributed by atoms with E-state index in [4.69, 9.17) is 5.26 Å². The van der Waals surface area contributed by atoms with Gasteiger partial charge in [0.2, 0.25) is 0 Å². The summed E-state index contributed by atoms with van der Waals surface area (Å²) < 4.78 is 13.6. The van der Waals surface area contributed by atoms with E-state index in [1.54, 1.807) is 18.2 Å². The predicted octanol–water partition coefficient (Wildman–Crippen LogP) is 3.57. The van der Waals surface area contributed by atoms with E-state index >= 15 is 0 Å². The van der Waals surface area contributed by atoms with Gasteiger partial charge in [-0.3, -0.25) is 4.79 Å². The fraction of sp³-hybridized carbons (Fsp3) is 0.286. The molecule has 94 valence electrons. The molecule has 0 saturated heterocycles. The molecule has 0 aromatic heterocycles. The molecule has 0 atom stereocenters. The van der Waals surface area contributed by atoms with Crippen LogP contribution in [0.1, 0.15) is 24.5 Å². The van der Waals surface area contributed by atoms with Crippen LogP contribution in [0, 0.1) is 17.1 Å². The van der Waals surface area contributed by atoms with E-state index in [2.05, 4.69) is 0 Å². The summed E-state index contributed by atoms with van der Waals surface area (Å²) in [4.78, 5) is 10.7. The third kappa shape index (κ3) is 5.15. The molecule has 0 bridgehead atoms. The van der Waals surface area contributed by atoms with Gasteiger partial charge in [-0.25, -0.2) is 4.39 Å². The highest BCUT2D eigenvalue weighted by atomic mass is 32.2. The van der Waals surface area contributed by atoms with Crippen LogP contribution in [0.15, 0.2) is 24.3 Å². The highest BCUT2D eigenvalue weighted by Gasteiger charge is 2.00. The average Bonchev–Trinajstić information content (AvgIpc) is 2.31. The number of hydrogen-bond acceptors (Lipinski definition) is 3. The van der Waals surface area contributed by atoms with Gasteiger partial charge in [0.15, 0.2) is 5.12 Å². The first-order valence-corrected chi connectivity index (χ1v) is 6.57. The maximum Gasteiger partial charge on any atom is 0.185 e. The van der Waals surface area contributed by atoms with Crippen molar-refractivity contribution < 1.29 is 9.18 Å².